The molecule has 1 amide bonds. The first-order chi connectivity index (χ1) is 19.6. The Bertz CT molecular complexity index is 1580. The molecule has 1 aliphatic carbocycles. The van der Waals surface area contributed by atoms with E-state index in [-0.39, 0.29) is 23.6 Å². The predicted molar refractivity (Wildman–Crippen MR) is 165 cm³/mol. The van der Waals surface area contributed by atoms with E-state index in [1.807, 2.05) is 37.3 Å². The highest BCUT2D eigenvalue weighted by atomic mass is 32.2. The summed E-state index contributed by atoms with van der Waals surface area (Å²) < 4.78 is 5.40. The van der Waals surface area contributed by atoms with Crippen molar-refractivity contribution in [2.45, 2.75) is 63.3 Å². The van der Waals surface area contributed by atoms with Crippen LogP contribution in [0.3, 0.4) is 0 Å². The van der Waals surface area contributed by atoms with Gasteiger partial charge in [0, 0.05) is 38.6 Å². The Hall–Kier alpha value is -3.69. The van der Waals surface area contributed by atoms with Gasteiger partial charge in [0.05, 0.1) is 23.3 Å². The number of hydrogen-bond donors (Lipinski definition) is 1. The van der Waals surface area contributed by atoms with Crippen molar-refractivity contribution in [1.29, 1.82) is 0 Å². The molecule has 1 aliphatic rings. The van der Waals surface area contributed by atoms with E-state index in [1.54, 1.807) is 42.0 Å². The van der Waals surface area contributed by atoms with E-state index in [1.165, 1.54) is 22.7 Å². The number of aliphatic imine (C=N–C) groups is 1. The Labute approximate surface area is 248 Å². The lowest BCUT2D eigenvalue weighted by Gasteiger charge is -2.33. The zero-order valence-corrected chi connectivity index (χ0v) is 25.2. The summed E-state index contributed by atoms with van der Waals surface area (Å²) >= 11 is 3.08. The van der Waals surface area contributed by atoms with Crippen LogP contribution >= 0.6 is 23.1 Å². The van der Waals surface area contributed by atoms with Gasteiger partial charge in [-0.1, -0.05) is 50.2 Å². The number of furan rings is 1. The SMILES string of the molecule is Cc1ccc(Sc2ccc([N+](=O)[O-])cc2C=Nc2sc3c(c2C(=O)NCc2ccco2)CC[C@H](C(C)(C)C)C3)cc1. The number of nitrogens with zero attached hydrogens (tertiary/aromatic N) is 2. The number of rotatable bonds is 8. The molecular weight excluding hydrogens is 555 g/mol. The molecule has 9 heteroatoms. The lowest BCUT2D eigenvalue weighted by atomic mass is 9.72. The van der Waals surface area contributed by atoms with Crippen molar-refractivity contribution in [3.63, 3.8) is 0 Å². The van der Waals surface area contributed by atoms with Crippen LogP contribution in [0.2, 0.25) is 0 Å². The molecular formula is C32H33N3O4S2. The van der Waals surface area contributed by atoms with Gasteiger partial charge in [0.2, 0.25) is 0 Å². The second-order valence-corrected chi connectivity index (χ2v) is 13.6. The quantitative estimate of drug-likeness (QED) is 0.127. The number of benzene rings is 2. The Morgan fingerprint density at radius 1 is 1.22 bits per heavy atom. The van der Waals surface area contributed by atoms with Gasteiger partial charge < -0.3 is 9.73 Å². The maximum Gasteiger partial charge on any atom is 0.270 e. The molecule has 0 bridgehead atoms. The molecule has 7 nitrogen and oxygen atoms in total. The molecule has 0 saturated carbocycles. The number of non-ortho nitro benzene ring substituents is 1. The topological polar surface area (TPSA) is 97.7 Å². The first kappa shape index (κ1) is 28.8. The van der Waals surface area contributed by atoms with E-state index in [4.69, 9.17) is 9.41 Å². The first-order valence-corrected chi connectivity index (χ1v) is 15.2. The van der Waals surface area contributed by atoms with Crippen molar-refractivity contribution in [1.82, 2.24) is 5.32 Å². The van der Waals surface area contributed by atoms with Crippen molar-refractivity contribution >= 4 is 45.9 Å². The second-order valence-electron chi connectivity index (χ2n) is 11.4. The lowest BCUT2D eigenvalue weighted by molar-refractivity contribution is -0.384. The highest BCUT2D eigenvalue weighted by Crippen LogP contribution is 2.45. The minimum atomic E-state index is -0.401. The summed E-state index contributed by atoms with van der Waals surface area (Å²) in [6, 6.07) is 16.6. The minimum absolute atomic E-state index is 0.00499. The van der Waals surface area contributed by atoms with Gasteiger partial charge in [-0.2, -0.15) is 0 Å². The second kappa shape index (κ2) is 12.0. The summed E-state index contributed by atoms with van der Waals surface area (Å²) in [7, 11) is 0. The fourth-order valence-electron chi connectivity index (χ4n) is 5.01. The largest absolute Gasteiger partial charge is 0.467 e. The highest BCUT2D eigenvalue weighted by molar-refractivity contribution is 7.99. The molecule has 0 spiro atoms. The number of nitro groups is 1. The van der Waals surface area contributed by atoms with Gasteiger partial charge in [0.15, 0.2) is 0 Å². The minimum Gasteiger partial charge on any atom is -0.467 e. The Morgan fingerprint density at radius 3 is 2.68 bits per heavy atom. The molecule has 212 valence electrons. The standard InChI is InChI=1S/C32H33N3O4S2/c1-20-7-11-25(12-8-20)40-27-14-10-23(35(37)38)16-21(27)18-34-31-29(30(36)33-19-24-6-5-15-39-24)26-13-9-22(32(2,3)4)17-28(26)41-31/h5-8,10-12,14-16,18,22H,9,13,17,19H2,1-4H3,(H,33,36)/t22-/m0/s1. The summed E-state index contributed by atoms with van der Waals surface area (Å²) in [6.45, 7) is 9.11. The van der Waals surface area contributed by atoms with Gasteiger partial charge in [-0.05, 0) is 73.4 Å². The maximum absolute atomic E-state index is 13.5. The number of aryl methyl sites for hydroxylation is 1. The molecule has 2 heterocycles. The van der Waals surface area contributed by atoms with Crippen LogP contribution in [0.4, 0.5) is 10.7 Å². The Morgan fingerprint density at radius 2 is 2.00 bits per heavy atom. The third-order valence-corrected chi connectivity index (χ3v) is 9.74. The molecule has 41 heavy (non-hydrogen) atoms. The third kappa shape index (κ3) is 6.80. The number of amides is 1. The fraction of sp³-hybridized carbons (Fsp3) is 0.312. The van der Waals surface area contributed by atoms with Crippen molar-refractivity contribution in [3.05, 3.63) is 104 Å². The summed E-state index contributed by atoms with van der Waals surface area (Å²) in [5.74, 6) is 1.00. The van der Waals surface area contributed by atoms with Crippen molar-refractivity contribution in [2.75, 3.05) is 0 Å². The van der Waals surface area contributed by atoms with Crippen LogP contribution in [0.25, 0.3) is 0 Å². The number of thiophene rings is 1. The van der Waals surface area contributed by atoms with Crippen LogP contribution < -0.4 is 5.32 Å². The van der Waals surface area contributed by atoms with Gasteiger partial charge in [0.1, 0.15) is 10.8 Å². The molecule has 2 aromatic heterocycles. The van der Waals surface area contributed by atoms with Gasteiger partial charge in [-0.15, -0.1) is 11.3 Å². The summed E-state index contributed by atoms with van der Waals surface area (Å²) in [6.07, 6.45) is 5.98. The molecule has 1 atom stereocenters. The normalized spacial score (nSPS) is 15.2. The van der Waals surface area contributed by atoms with Crippen LogP contribution in [-0.2, 0) is 19.4 Å². The van der Waals surface area contributed by atoms with Crippen molar-refractivity contribution < 1.29 is 14.1 Å². The van der Waals surface area contributed by atoms with E-state index in [0.29, 0.717) is 27.8 Å². The number of nitrogens with one attached hydrogen (secondary N) is 1. The van der Waals surface area contributed by atoms with E-state index in [2.05, 4.69) is 26.1 Å². The number of fused-ring (bicyclic) bond motifs is 1. The fourth-order valence-corrected chi connectivity index (χ4v) is 7.17. The number of nitro benzene ring substituents is 1. The molecule has 2 aromatic carbocycles. The monoisotopic (exact) mass is 587 g/mol. The van der Waals surface area contributed by atoms with Crippen LogP contribution in [0.5, 0.6) is 0 Å². The molecule has 4 aromatic rings. The van der Waals surface area contributed by atoms with Gasteiger partial charge in [-0.25, -0.2) is 4.99 Å². The Balaban J connectivity index is 1.51. The van der Waals surface area contributed by atoms with E-state index < -0.39 is 4.92 Å². The number of hydrogen-bond acceptors (Lipinski definition) is 7. The number of carbonyl (C=O) groups excluding carboxylic acids is 1. The number of carbonyl (C=O) groups is 1. The van der Waals surface area contributed by atoms with Crippen LogP contribution in [0.1, 0.15) is 64.9 Å². The van der Waals surface area contributed by atoms with E-state index in [9.17, 15) is 14.9 Å². The molecule has 0 radical (unpaired) electrons. The molecule has 0 aliphatic heterocycles. The molecule has 0 fully saturated rings. The zero-order valence-electron chi connectivity index (χ0n) is 23.6. The van der Waals surface area contributed by atoms with Crippen molar-refractivity contribution in [3.8, 4) is 0 Å². The molecule has 1 N–H and O–H groups in total. The van der Waals surface area contributed by atoms with Gasteiger partial charge in [-0.3, -0.25) is 14.9 Å². The summed E-state index contributed by atoms with van der Waals surface area (Å²) in [5, 5.41) is 15.2. The van der Waals surface area contributed by atoms with Crippen molar-refractivity contribution in [2.24, 2.45) is 16.3 Å². The van der Waals surface area contributed by atoms with Gasteiger partial charge >= 0.3 is 0 Å². The van der Waals surface area contributed by atoms with Crippen LogP contribution in [0, 0.1) is 28.4 Å². The zero-order chi connectivity index (χ0) is 29.1. The smallest absolute Gasteiger partial charge is 0.270 e. The Kier molecular flexibility index (Phi) is 8.47. The van der Waals surface area contributed by atoms with E-state index >= 15 is 0 Å². The summed E-state index contributed by atoms with van der Waals surface area (Å²) in [5.41, 5.74) is 3.61. The average Bonchev–Trinajstić information content (AvgIpc) is 3.59. The molecule has 5 rings (SSSR count). The molecule has 0 saturated heterocycles. The predicted octanol–water partition coefficient (Wildman–Crippen LogP) is 8.54. The molecule has 0 unspecified atom stereocenters. The van der Waals surface area contributed by atoms with Crippen LogP contribution in [0.15, 0.2) is 80.1 Å². The first-order valence-electron chi connectivity index (χ1n) is 13.6. The maximum atomic E-state index is 13.5. The van der Waals surface area contributed by atoms with E-state index in [0.717, 1.165) is 40.2 Å². The highest BCUT2D eigenvalue weighted by Gasteiger charge is 2.33. The van der Waals surface area contributed by atoms with Gasteiger partial charge in [0.25, 0.3) is 11.6 Å². The lowest BCUT2D eigenvalue weighted by Crippen LogP contribution is -2.28. The third-order valence-electron chi connectivity index (χ3n) is 7.48. The average molecular weight is 588 g/mol. The summed E-state index contributed by atoms with van der Waals surface area (Å²) in [4.78, 5) is 32.6. The van der Waals surface area contributed by atoms with Crippen LogP contribution in [-0.4, -0.2) is 17.0 Å².